The second-order valence-electron chi connectivity index (χ2n) is 16.9. The molecule has 9 nitrogen and oxygen atoms in total. The summed E-state index contributed by atoms with van der Waals surface area (Å²) in [7, 11) is 0. The van der Waals surface area contributed by atoms with Gasteiger partial charge in [-0.3, -0.25) is 4.79 Å². The Bertz CT molecular complexity index is 945. The number of rotatable bonds is 40. The van der Waals surface area contributed by atoms with E-state index in [-0.39, 0.29) is 12.5 Å². The number of hydrogen-bond acceptors (Lipinski definition) is 8. The summed E-state index contributed by atoms with van der Waals surface area (Å²) in [4.78, 5) is 12.4. The molecule has 0 bridgehead atoms. The number of unbranched alkanes of at least 4 members (excludes halogenated alkanes) is 28. The number of ether oxygens (including phenoxy) is 2. The molecule has 7 atom stereocenters. The number of aliphatic hydroxyl groups is 5. The SMILES string of the molecule is CCCCCCCCCCCCCCCCCCCCCCCCCCCC/C=C/CC/C=C/C(O)C(COC1OC(CO)C(O)C(O)C1O)NC(=O)CCCC. The van der Waals surface area contributed by atoms with Crippen LogP contribution < -0.4 is 5.32 Å². The van der Waals surface area contributed by atoms with E-state index in [4.69, 9.17) is 9.47 Å². The number of amides is 1. The molecule has 1 fully saturated rings. The molecule has 0 saturated carbocycles. The molecule has 57 heavy (non-hydrogen) atoms. The van der Waals surface area contributed by atoms with Crippen molar-refractivity contribution >= 4 is 5.91 Å². The zero-order valence-corrected chi connectivity index (χ0v) is 36.9. The van der Waals surface area contributed by atoms with Gasteiger partial charge in [0.05, 0.1) is 25.4 Å². The standard InChI is InChI=1S/C48H91NO8/c1-3-5-7-8-9-10-11-12-13-14-15-16-17-18-19-20-21-22-23-24-25-26-27-28-29-30-31-32-33-34-35-36-37-42(51)41(49-44(52)38-6-4-2)40-56-48-47(55)46(54)45(53)43(39-50)57-48/h32-33,36-37,41-43,45-48,50-51,53-55H,3-31,34-35,38-40H2,1-2H3,(H,49,52)/b33-32+,37-36+. The largest absolute Gasteiger partial charge is 0.394 e. The van der Waals surface area contributed by atoms with E-state index < -0.39 is 49.5 Å². The summed E-state index contributed by atoms with van der Waals surface area (Å²) in [5.41, 5.74) is 0. The lowest BCUT2D eigenvalue weighted by Crippen LogP contribution is -2.60. The molecule has 6 N–H and O–H groups in total. The first-order chi connectivity index (χ1) is 27.8. The highest BCUT2D eigenvalue weighted by molar-refractivity contribution is 5.76. The maximum Gasteiger partial charge on any atom is 0.220 e. The van der Waals surface area contributed by atoms with Crippen LogP contribution in [0.2, 0.25) is 0 Å². The first-order valence-corrected chi connectivity index (χ1v) is 24.1. The minimum atomic E-state index is -1.57. The Hall–Kier alpha value is -1.33. The maximum absolute atomic E-state index is 12.4. The van der Waals surface area contributed by atoms with Crippen LogP contribution in [0.5, 0.6) is 0 Å². The molecule has 1 aliphatic heterocycles. The van der Waals surface area contributed by atoms with E-state index in [2.05, 4.69) is 24.4 Å². The van der Waals surface area contributed by atoms with Gasteiger partial charge in [0.15, 0.2) is 6.29 Å². The third-order valence-electron chi connectivity index (χ3n) is 11.5. The molecule has 1 amide bonds. The van der Waals surface area contributed by atoms with Gasteiger partial charge in [-0.1, -0.05) is 205 Å². The van der Waals surface area contributed by atoms with Crippen LogP contribution in [-0.2, 0) is 14.3 Å². The molecule has 0 aromatic heterocycles. The lowest BCUT2D eigenvalue weighted by molar-refractivity contribution is -0.302. The van der Waals surface area contributed by atoms with Crippen molar-refractivity contribution in [2.45, 2.75) is 262 Å². The van der Waals surface area contributed by atoms with Crippen molar-refractivity contribution in [1.29, 1.82) is 0 Å². The summed E-state index contributed by atoms with van der Waals surface area (Å²) in [6.45, 7) is 3.51. The van der Waals surface area contributed by atoms with Gasteiger partial charge in [-0.05, 0) is 32.1 Å². The van der Waals surface area contributed by atoms with Crippen molar-refractivity contribution in [2.75, 3.05) is 13.2 Å². The molecule has 9 heteroatoms. The van der Waals surface area contributed by atoms with E-state index in [1.807, 2.05) is 13.0 Å². The van der Waals surface area contributed by atoms with Crippen LogP contribution in [0.15, 0.2) is 24.3 Å². The summed E-state index contributed by atoms with van der Waals surface area (Å²) >= 11 is 0. The first-order valence-electron chi connectivity index (χ1n) is 24.1. The predicted molar refractivity (Wildman–Crippen MR) is 235 cm³/mol. The smallest absolute Gasteiger partial charge is 0.220 e. The summed E-state index contributed by atoms with van der Waals surface area (Å²) < 4.78 is 11.0. The Kier molecular flexibility index (Phi) is 36.6. The van der Waals surface area contributed by atoms with Gasteiger partial charge >= 0.3 is 0 Å². The van der Waals surface area contributed by atoms with Crippen LogP contribution in [0, 0.1) is 0 Å². The molecule has 0 radical (unpaired) electrons. The average molecular weight is 810 g/mol. The highest BCUT2D eigenvalue weighted by Crippen LogP contribution is 2.23. The molecule has 0 aromatic carbocycles. The first kappa shape index (κ1) is 53.7. The van der Waals surface area contributed by atoms with Crippen molar-refractivity contribution < 1.29 is 39.8 Å². The van der Waals surface area contributed by atoms with Crippen LogP contribution in [0.25, 0.3) is 0 Å². The molecule has 0 aromatic rings. The Labute approximate surface area is 349 Å². The highest BCUT2D eigenvalue weighted by atomic mass is 16.7. The van der Waals surface area contributed by atoms with Crippen LogP contribution in [0.3, 0.4) is 0 Å². The van der Waals surface area contributed by atoms with E-state index in [9.17, 15) is 30.3 Å². The monoisotopic (exact) mass is 810 g/mol. The molecular weight excluding hydrogens is 719 g/mol. The third kappa shape index (κ3) is 29.5. The lowest BCUT2D eigenvalue weighted by Gasteiger charge is -2.40. The Morgan fingerprint density at radius 1 is 0.579 bits per heavy atom. The zero-order chi connectivity index (χ0) is 41.6. The molecule has 1 rings (SSSR count). The quantitative estimate of drug-likeness (QED) is 0.0265. The Morgan fingerprint density at radius 2 is 1.00 bits per heavy atom. The molecule has 0 spiro atoms. The number of carbonyl (C=O) groups is 1. The summed E-state index contributed by atoms with van der Waals surface area (Å²) in [5.74, 6) is -0.222. The van der Waals surface area contributed by atoms with Gasteiger partial charge in [0, 0.05) is 6.42 Å². The van der Waals surface area contributed by atoms with Crippen LogP contribution in [0.1, 0.15) is 219 Å². The van der Waals surface area contributed by atoms with Crippen LogP contribution >= 0.6 is 0 Å². The van der Waals surface area contributed by atoms with Gasteiger partial charge < -0.3 is 40.3 Å². The topological polar surface area (TPSA) is 149 Å². The summed E-state index contributed by atoms with van der Waals surface area (Å²) in [5, 5.41) is 53.4. The molecule has 7 unspecified atom stereocenters. The number of carbonyl (C=O) groups excluding carboxylic acids is 1. The fourth-order valence-corrected chi connectivity index (χ4v) is 7.62. The third-order valence-corrected chi connectivity index (χ3v) is 11.5. The van der Waals surface area contributed by atoms with Crippen molar-refractivity contribution in [2.24, 2.45) is 0 Å². The molecule has 1 heterocycles. The van der Waals surface area contributed by atoms with Gasteiger partial charge in [0.1, 0.15) is 24.4 Å². The zero-order valence-electron chi connectivity index (χ0n) is 36.9. The summed E-state index contributed by atoms with van der Waals surface area (Å²) in [6.07, 6.45) is 41.1. The fourth-order valence-electron chi connectivity index (χ4n) is 7.62. The number of hydrogen-bond donors (Lipinski definition) is 6. The van der Waals surface area contributed by atoms with E-state index in [0.717, 1.165) is 25.7 Å². The lowest BCUT2D eigenvalue weighted by atomic mass is 9.99. The minimum Gasteiger partial charge on any atom is -0.394 e. The predicted octanol–water partition coefficient (Wildman–Crippen LogP) is 10.3. The van der Waals surface area contributed by atoms with Crippen LogP contribution in [0.4, 0.5) is 0 Å². The fraction of sp³-hybridized carbons (Fsp3) is 0.896. The van der Waals surface area contributed by atoms with Gasteiger partial charge in [0.2, 0.25) is 5.91 Å². The minimum absolute atomic E-state index is 0.203. The number of aliphatic hydroxyl groups excluding tert-OH is 5. The molecule has 1 aliphatic rings. The highest BCUT2D eigenvalue weighted by Gasteiger charge is 2.44. The van der Waals surface area contributed by atoms with Gasteiger partial charge in [-0.25, -0.2) is 0 Å². The van der Waals surface area contributed by atoms with Crippen LogP contribution in [-0.4, -0.2) is 87.5 Å². The number of allylic oxidation sites excluding steroid dienone is 3. The molecule has 1 saturated heterocycles. The molecule has 336 valence electrons. The number of nitrogens with one attached hydrogen (secondary N) is 1. The van der Waals surface area contributed by atoms with Gasteiger partial charge in [-0.2, -0.15) is 0 Å². The van der Waals surface area contributed by atoms with E-state index in [1.165, 1.54) is 167 Å². The van der Waals surface area contributed by atoms with E-state index in [0.29, 0.717) is 12.8 Å². The summed E-state index contributed by atoms with van der Waals surface area (Å²) in [6, 6.07) is -0.813. The van der Waals surface area contributed by atoms with Crippen molar-refractivity contribution in [3.8, 4) is 0 Å². The van der Waals surface area contributed by atoms with Crippen molar-refractivity contribution in [3.63, 3.8) is 0 Å². The molecular formula is C48H91NO8. The normalized spacial score (nSPS) is 21.1. The van der Waals surface area contributed by atoms with E-state index in [1.54, 1.807) is 6.08 Å². The van der Waals surface area contributed by atoms with Gasteiger partial charge in [-0.15, -0.1) is 0 Å². The average Bonchev–Trinajstić information content (AvgIpc) is 3.21. The Morgan fingerprint density at radius 3 is 1.46 bits per heavy atom. The van der Waals surface area contributed by atoms with Crippen molar-refractivity contribution in [1.82, 2.24) is 5.32 Å². The van der Waals surface area contributed by atoms with Gasteiger partial charge in [0.25, 0.3) is 0 Å². The van der Waals surface area contributed by atoms with E-state index >= 15 is 0 Å². The second kappa shape index (κ2) is 38.8. The maximum atomic E-state index is 12.4. The second-order valence-corrected chi connectivity index (χ2v) is 16.9. The Balaban J connectivity index is 2.01. The van der Waals surface area contributed by atoms with Crippen molar-refractivity contribution in [3.05, 3.63) is 24.3 Å². The molecule has 0 aliphatic carbocycles.